The molecule has 45 heavy (non-hydrogen) atoms. The summed E-state index contributed by atoms with van der Waals surface area (Å²) in [6.45, 7) is 2.41. The van der Waals surface area contributed by atoms with Crippen molar-refractivity contribution in [1.29, 1.82) is 0 Å². The van der Waals surface area contributed by atoms with Gasteiger partial charge in [0, 0.05) is 27.4 Å². The molecule has 2 aliphatic carbocycles. The molecule has 0 amide bonds. The molecule has 4 atom stereocenters. The Morgan fingerprint density at radius 2 is 1.27 bits per heavy atom. The third kappa shape index (κ3) is 4.96. The van der Waals surface area contributed by atoms with Crippen LogP contribution in [0.15, 0.2) is 175 Å². The maximum absolute atomic E-state index is 2.42. The zero-order valence-electron chi connectivity index (χ0n) is 25.5. The van der Waals surface area contributed by atoms with Crippen LogP contribution in [0.3, 0.4) is 0 Å². The topological polar surface area (TPSA) is 0 Å². The molecule has 0 saturated heterocycles. The average molecular weight is 597 g/mol. The molecule has 0 saturated carbocycles. The summed E-state index contributed by atoms with van der Waals surface area (Å²) in [5.41, 5.74) is 11.6. The third-order valence-electron chi connectivity index (χ3n) is 9.92. The highest BCUT2D eigenvalue weighted by Crippen LogP contribution is 2.52. The van der Waals surface area contributed by atoms with Crippen molar-refractivity contribution in [3.05, 3.63) is 198 Å². The van der Waals surface area contributed by atoms with Crippen LogP contribution < -0.4 is 0 Å². The van der Waals surface area contributed by atoms with Crippen molar-refractivity contribution in [3.63, 3.8) is 0 Å². The normalized spacial score (nSPS) is 20.9. The van der Waals surface area contributed by atoms with Crippen molar-refractivity contribution in [2.45, 2.75) is 40.7 Å². The Bertz CT molecular complexity index is 1990. The maximum atomic E-state index is 2.42. The summed E-state index contributed by atoms with van der Waals surface area (Å²) in [6.07, 6.45) is 19.1. The van der Waals surface area contributed by atoms with Crippen molar-refractivity contribution in [3.8, 4) is 22.3 Å². The van der Waals surface area contributed by atoms with Crippen molar-refractivity contribution in [2.24, 2.45) is 0 Å². The van der Waals surface area contributed by atoms with Gasteiger partial charge in [0.05, 0.1) is 0 Å². The predicted molar refractivity (Wildman–Crippen MR) is 192 cm³/mol. The molecule has 0 fully saturated rings. The van der Waals surface area contributed by atoms with Gasteiger partial charge in [-0.1, -0.05) is 158 Å². The second kappa shape index (κ2) is 11.7. The first-order chi connectivity index (χ1) is 22.2. The van der Waals surface area contributed by atoms with E-state index in [0.29, 0.717) is 17.1 Å². The van der Waals surface area contributed by atoms with E-state index < -0.39 is 0 Å². The molecule has 0 spiro atoms. The number of hydrogen-bond acceptors (Lipinski definition) is 1. The van der Waals surface area contributed by atoms with E-state index in [1.54, 1.807) is 0 Å². The summed E-state index contributed by atoms with van der Waals surface area (Å²) >= 11 is 2.01. The van der Waals surface area contributed by atoms with Crippen LogP contribution in [-0.4, -0.2) is 5.25 Å². The van der Waals surface area contributed by atoms with Crippen molar-refractivity contribution < 1.29 is 0 Å². The summed E-state index contributed by atoms with van der Waals surface area (Å²) < 4.78 is 0. The Morgan fingerprint density at radius 1 is 0.578 bits per heavy atom. The molecule has 1 heterocycles. The van der Waals surface area contributed by atoms with E-state index in [1.807, 2.05) is 11.8 Å². The second-order valence-corrected chi connectivity index (χ2v) is 13.7. The molecule has 0 bridgehead atoms. The Labute approximate surface area is 271 Å². The van der Waals surface area contributed by atoms with Gasteiger partial charge in [0.15, 0.2) is 0 Å². The fourth-order valence-corrected chi connectivity index (χ4v) is 8.98. The Hall–Kier alpha value is -4.59. The van der Waals surface area contributed by atoms with Crippen LogP contribution in [-0.2, 0) is 5.41 Å². The first-order valence-corrected chi connectivity index (χ1v) is 16.9. The highest BCUT2D eigenvalue weighted by Gasteiger charge is 2.35. The lowest BCUT2D eigenvalue weighted by Gasteiger charge is -2.35. The summed E-state index contributed by atoms with van der Waals surface area (Å²) in [7, 11) is 0. The van der Waals surface area contributed by atoms with Crippen LogP contribution in [0.2, 0.25) is 0 Å². The largest absolute Gasteiger partial charge is 0.117 e. The molecule has 8 rings (SSSR count). The van der Waals surface area contributed by atoms with E-state index in [4.69, 9.17) is 0 Å². The Morgan fingerprint density at radius 3 is 2.13 bits per heavy atom. The van der Waals surface area contributed by atoms with Crippen LogP contribution in [0.1, 0.15) is 53.0 Å². The van der Waals surface area contributed by atoms with E-state index in [0.717, 1.165) is 6.42 Å². The summed E-state index contributed by atoms with van der Waals surface area (Å²) in [4.78, 5) is 1.43. The minimum absolute atomic E-state index is 0.325. The fraction of sp³-hybridized carbons (Fsp3) is 0.136. The van der Waals surface area contributed by atoms with Gasteiger partial charge < -0.3 is 0 Å². The molecule has 1 aliphatic heterocycles. The summed E-state index contributed by atoms with van der Waals surface area (Å²) in [5, 5.41) is 0.490. The number of benzene rings is 5. The van der Waals surface area contributed by atoms with Gasteiger partial charge in [-0.05, 0) is 75.5 Å². The van der Waals surface area contributed by atoms with Crippen LogP contribution >= 0.6 is 11.8 Å². The number of rotatable bonds is 6. The monoisotopic (exact) mass is 596 g/mol. The molecule has 5 aromatic rings. The van der Waals surface area contributed by atoms with E-state index >= 15 is 0 Å². The van der Waals surface area contributed by atoms with Crippen LogP contribution in [0.4, 0.5) is 0 Å². The van der Waals surface area contributed by atoms with E-state index in [2.05, 4.69) is 177 Å². The van der Waals surface area contributed by atoms with Gasteiger partial charge in [0.2, 0.25) is 0 Å². The van der Waals surface area contributed by atoms with Crippen LogP contribution in [0, 0.1) is 0 Å². The zero-order chi connectivity index (χ0) is 30.2. The summed E-state index contributed by atoms with van der Waals surface area (Å²) in [6, 6.07) is 45.3. The van der Waals surface area contributed by atoms with Gasteiger partial charge in [-0.3, -0.25) is 0 Å². The van der Waals surface area contributed by atoms with E-state index in [-0.39, 0.29) is 5.41 Å². The van der Waals surface area contributed by atoms with E-state index in [1.165, 1.54) is 55.0 Å². The fourth-order valence-electron chi connectivity index (χ4n) is 7.50. The van der Waals surface area contributed by atoms with Gasteiger partial charge in [0.25, 0.3) is 0 Å². The number of fused-ring (bicyclic) bond motifs is 3. The lowest BCUT2D eigenvalue weighted by molar-refractivity contribution is 0.670. The molecule has 1 heteroatoms. The molecular weight excluding hydrogens is 561 g/mol. The molecule has 0 radical (unpaired) electrons. The highest BCUT2D eigenvalue weighted by molar-refractivity contribution is 8.00. The molecule has 0 aromatic heterocycles. The van der Waals surface area contributed by atoms with Crippen molar-refractivity contribution in [1.82, 2.24) is 0 Å². The van der Waals surface area contributed by atoms with Gasteiger partial charge in [0.1, 0.15) is 0 Å². The van der Waals surface area contributed by atoms with Crippen molar-refractivity contribution in [2.75, 3.05) is 0 Å². The zero-order valence-corrected chi connectivity index (χ0v) is 26.3. The molecule has 0 nitrogen and oxygen atoms in total. The van der Waals surface area contributed by atoms with Crippen LogP contribution in [0.5, 0.6) is 0 Å². The maximum Gasteiger partial charge on any atom is 0.0426 e. The van der Waals surface area contributed by atoms with Crippen LogP contribution in [0.25, 0.3) is 22.3 Å². The minimum atomic E-state index is -0.325. The highest BCUT2D eigenvalue weighted by atomic mass is 32.2. The van der Waals surface area contributed by atoms with Gasteiger partial charge in [-0.2, -0.15) is 0 Å². The smallest absolute Gasteiger partial charge is 0.0426 e. The number of allylic oxidation sites excluding steroid dienone is 7. The first kappa shape index (κ1) is 27.9. The molecule has 4 unspecified atom stereocenters. The standard InChI is InChI=1S/C44H36S/c1-44(35-20-6-3-7-21-35,41-27-10-8-23-37(41)31-15-4-2-5-16-31)36-22-13-18-33(30-36)32-17-12-19-34(29-32)38-25-14-26-40-39-24-9-11-28-42(39)45-43(38)40/h2-15,17-31,39,42H,16H2,1H3. The van der Waals surface area contributed by atoms with E-state index in [9.17, 15) is 0 Å². The molecule has 3 aliphatic rings. The SMILES string of the molecule is CC(c1ccccc1)(c1cccc(-c2cccc(-c3cccc4c3SC3C=CC=CC43)c2)c1)c1ccccc1C1C=CC=CC1. The lowest BCUT2D eigenvalue weighted by atomic mass is 9.67. The third-order valence-corrected chi connectivity index (χ3v) is 11.3. The minimum Gasteiger partial charge on any atom is -0.117 e. The summed E-state index contributed by atoms with van der Waals surface area (Å²) in [5.74, 6) is 0.836. The molecule has 5 aromatic carbocycles. The average Bonchev–Trinajstić information content (AvgIpc) is 3.51. The molecular formula is C44H36S. The Balaban J connectivity index is 1.23. The van der Waals surface area contributed by atoms with Gasteiger partial charge >= 0.3 is 0 Å². The number of hydrogen-bond donors (Lipinski definition) is 0. The Kier molecular flexibility index (Phi) is 7.28. The van der Waals surface area contributed by atoms with Crippen molar-refractivity contribution >= 4 is 11.8 Å². The second-order valence-electron chi connectivity index (χ2n) is 12.5. The molecule has 218 valence electrons. The quantitative estimate of drug-likeness (QED) is 0.176. The van der Waals surface area contributed by atoms with Gasteiger partial charge in [-0.25, -0.2) is 0 Å². The molecule has 0 N–H and O–H groups in total. The van der Waals surface area contributed by atoms with Gasteiger partial charge in [-0.15, -0.1) is 11.8 Å². The lowest BCUT2D eigenvalue weighted by Crippen LogP contribution is -2.27. The predicted octanol–water partition coefficient (Wildman–Crippen LogP) is 11.7. The first-order valence-electron chi connectivity index (χ1n) is 16.0. The number of thioether (sulfide) groups is 1.